The Bertz CT molecular complexity index is 232. The first-order valence-electron chi connectivity index (χ1n) is 6.91. The van der Waals surface area contributed by atoms with Crippen LogP contribution in [0.1, 0.15) is 52.9 Å². The summed E-state index contributed by atoms with van der Waals surface area (Å²) in [6.45, 7) is 7.35. The Hall–Kier alpha value is -0.770. The molecular weight excluding hydrogens is 212 g/mol. The lowest BCUT2D eigenvalue weighted by molar-refractivity contribution is 0.300. The molecule has 1 unspecified atom stereocenters. The third kappa shape index (κ3) is 5.39. The van der Waals surface area contributed by atoms with E-state index in [1.807, 2.05) is 0 Å². The Kier molecular flexibility index (Phi) is 6.34. The number of hydrazine groups is 1. The Balaban J connectivity index is 2.40. The molecule has 0 bridgehead atoms. The van der Waals surface area contributed by atoms with Crippen molar-refractivity contribution in [3.05, 3.63) is 0 Å². The van der Waals surface area contributed by atoms with E-state index < -0.39 is 0 Å². The van der Waals surface area contributed by atoms with E-state index in [0.29, 0.717) is 12.0 Å². The van der Waals surface area contributed by atoms with Gasteiger partial charge in [-0.15, -0.1) is 0 Å². The number of hydrogen-bond donors (Lipinski definition) is 3. The molecular formula is C13H28N4. The smallest absolute Gasteiger partial charge is 0.205 e. The molecule has 4 nitrogen and oxygen atoms in total. The topological polar surface area (TPSA) is 62.4 Å². The van der Waals surface area contributed by atoms with Gasteiger partial charge in [0.25, 0.3) is 0 Å². The molecule has 0 aromatic rings. The van der Waals surface area contributed by atoms with Gasteiger partial charge >= 0.3 is 0 Å². The number of nitrogens with zero attached hydrogens (tertiary/aromatic N) is 1. The van der Waals surface area contributed by atoms with E-state index in [1.54, 1.807) is 0 Å². The van der Waals surface area contributed by atoms with Crippen LogP contribution in [0.4, 0.5) is 0 Å². The first-order valence-corrected chi connectivity index (χ1v) is 6.91. The molecule has 100 valence electrons. The van der Waals surface area contributed by atoms with E-state index in [9.17, 15) is 0 Å². The van der Waals surface area contributed by atoms with Crippen LogP contribution in [0, 0.1) is 11.8 Å². The fourth-order valence-electron chi connectivity index (χ4n) is 2.37. The summed E-state index contributed by atoms with van der Waals surface area (Å²) in [5.41, 5.74) is 2.67. The van der Waals surface area contributed by atoms with Gasteiger partial charge in [0, 0.05) is 12.6 Å². The summed E-state index contributed by atoms with van der Waals surface area (Å²) in [5.74, 6) is 7.55. The molecule has 1 aliphatic rings. The summed E-state index contributed by atoms with van der Waals surface area (Å²) in [7, 11) is 0. The van der Waals surface area contributed by atoms with E-state index in [4.69, 9.17) is 5.84 Å². The summed E-state index contributed by atoms with van der Waals surface area (Å²) >= 11 is 0. The maximum Gasteiger partial charge on any atom is 0.205 e. The third-order valence-corrected chi connectivity index (χ3v) is 3.47. The standard InChI is InChI=1S/C13H28N4/c1-10(2)9-15-13(17-14)16-11(3)12-7-5-4-6-8-12/h10-12H,4-9,14H2,1-3H3,(H2,15,16,17). The molecule has 0 aliphatic heterocycles. The van der Waals surface area contributed by atoms with Crippen molar-refractivity contribution in [2.75, 3.05) is 6.54 Å². The van der Waals surface area contributed by atoms with Crippen LogP contribution in [0.5, 0.6) is 0 Å². The Morgan fingerprint density at radius 1 is 1.24 bits per heavy atom. The molecule has 1 saturated carbocycles. The van der Waals surface area contributed by atoms with Gasteiger partial charge in [-0.1, -0.05) is 33.1 Å². The quantitative estimate of drug-likeness (QED) is 0.305. The van der Waals surface area contributed by atoms with Gasteiger partial charge < -0.3 is 5.32 Å². The Morgan fingerprint density at radius 3 is 2.41 bits per heavy atom. The minimum atomic E-state index is 0.456. The van der Waals surface area contributed by atoms with Crippen LogP contribution in [-0.4, -0.2) is 18.5 Å². The zero-order valence-corrected chi connectivity index (χ0v) is 11.5. The fourth-order valence-corrected chi connectivity index (χ4v) is 2.37. The van der Waals surface area contributed by atoms with Crippen molar-refractivity contribution in [1.29, 1.82) is 0 Å². The van der Waals surface area contributed by atoms with Crippen LogP contribution in [0.25, 0.3) is 0 Å². The molecule has 0 radical (unpaired) electrons. The molecule has 1 fully saturated rings. The second-order valence-corrected chi connectivity index (χ2v) is 5.56. The monoisotopic (exact) mass is 240 g/mol. The number of nitrogens with two attached hydrogens (primary N) is 1. The van der Waals surface area contributed by atoms with Gasteiger partial charge in [-0.2, -0.15) is 0 Å². The minimum absolute atomic E-state index is 0.456. The van der Waals surface area contributed by atoms with Crippen LogP contribution < -0.4 is 16.6 Å². The van der Waals surface area contributed by atoms with Gasteiger partial charge in [-0.25, -0.2) is 5.84 Å². The second kappa shape index (κ2) is 7.54. The predicted molar refractivity (Wildman–Crippen MR) is 73.6 cm³/mol. The first kappa shape index (κ1) is 14.3. The SMILES string of the molecule is CC(C)CN=C(NN)NC(C)C1CCCCC1. The van der Waals surface area contributed by atoms with E-state index in [0.717, 1.165) is 18.4 Å². The van der Waals surface area contributed by atoms with Crippen molar-refractivity contribution >= 4 is 5.96 Å². The molecule has 0 spiro atoms. The summed E-state index contributed by atoms with van der Waals surface area (Å²) in [4.78, 5) is 4.45. The normalized spacial score (nSPS) is 20.4. The molecule has 17 heavy (non-hydrogen) atoms. The van der Waals surface area contributed by atoms with Crippen LogP contribution >= 0.6 is 0 Å². The highest BCUT2D eigenvalue weighted by Gasteiger charge is 2.20. The number of aliphatic imine (C=N–C) groups is 1. The molecule has 4 heteroatoms. The molecule has 0 aromatic carbocycles. The van der Waals surface area contributed by atoms with Gasteiger partial charge in [-0.3, -0.25) is 10.4 Å². The summed E-state index contributed by atoms with van der Waals surface area (Å²) in [6, 6.07) is 0.456. The largest absolute Gasteiger partial charge is 0.353 e. The van der Waals surface area contributed by atoms with Crippen LogP contribution in [0.15, 0.2) is 4.99 Å². The molecule has 0 saturated heterocycles. The van der Waals surface area contributed by atoms with Crippen molar-refractivity contribution in [2.45, 2.75) is 58.9 Å². The first-order chi connectivity index (χ1) is 8.13. The van der Waals surface area contributed by atoms with Crippen LogP contribution in [-0.2, 0) is 0 Å². The highest BCUT2D eigenvalue weighted by Crippen LogP contribution is 2.26. The number of guanidine groups is 1. The van der Waals surface area contributed by atoms with Crippen molar-refractivity contribution in [3.63, 3.8) is 0 Å². The maximum atomic E-state index is 5.49. The summed E-state index contributed by atoms with van der Waals surface area (Å²) < 4.78 is 0. The van der Waals surface area contributed by atoms with E-state index in [2.05, 4.69) is 36.5 Å². The van der Waals surface area contributed by atoms with Crippen molar-refractivity contribution in [1.82, 2.24) is 10.7 Å². The molecule has 1 aliphatic carbocycles. The summed E-state index contributed by atoms with van der Waals surface area (Å²) in [5, 5.41) is 3.41. The zero-order valence-electron chi connectivity index (χ0n) is 11.5. The number of hydrogen-bond acceptors (Lipinski definition) is 2. The molecule has 0 aromatic heterocycles. The predicted octanol–water partition coefficient (Wildman–Crippen LogP) is 2.02. The fraction of sp³-hybridized carbons (Fsp3) is 0.923. The van der Waals surface area contributed by atoms with Crippen molar-refractivity contribution < 1.29 is 0 Å². The molecule has 1 atom stereocenters. The number of rotatable bonds is 4. The lowest BCUT2D eigenvalue weighted by atomic mass is 9.85. The van der Waals surface area contributed by atoms with Crippen molar-refractivity contribution in [2.24, 2.45) is 22.7 Å². The number of nitrogens with one attached hydrogen (secondary N) is 2. The lowest BCUT2D eigenvalue weighted by Gasteiger charge is -2.29. The van der Waals surface area contributed by atoms with E-state index >= 15 is 0 Å². The molecule has 0 amide bonds. The van der Waals surface area contributed by atoms with Gasteiger partial charge in [0.15, 0.2) is 0 Å². The van der Waals surface area contributed by atoms with Crippen LogP contribution in [0.2, 0.25) is 0 Å². The Morgan fingerprint density at radius 2 is 1.88 bits per heavy atom. The maximum absolute atomic E-state index is 5.49. The van der Waals surface area contributed by atoms with Gasteiger partial charge in [0.1, 0.15) is 0 Å². The highest BCUT2D eigenvalue weighted by molar-refractivity contribution is 5.79. The zero-order chi connectivity index (χ0) is 12.7. The average molecular weight is 240 g/mol. The van der Waals surface area contributed by atoms with Gasteiger partial charge in [0.05, 0.1) is 0 Å². The molecule has 0 heterocycles. The van der Waals surface area contributed by atoms with E-state index in [-0.39, 0.29) is 0 Å². The highest BCUT2D eigenvalue weighted by atomic mass is 15.3. The van der Waals surface area contributed by atoms with Gasteiger partial charge in [0.2, 0.25) is 5.96 Å². The molecule has 4 N–H and O–H groups in total. The Labute approximate surface area is 105 Å². The lowest BCUT2D eigenvalue weighted by Crippen LogP contribution is -2.48. The average Bonchev–Trinajstić information content (AvgIpc) is 2.35. The minimum Gasteiger partial charge on any atom is -0.353 e. The van der Waals surface area contributed by atoms with Crippen molar-refractivity contribution in [3.8, 4) is 0 Å². The second-order valence-electron chi connectivity index (χ2n) is 5.56. The third-order valence-electron chi connectivity index (χ3n) is 3.47. The molecule has 1 rings (SSSR count). The van der Waals surface area contributed by atoms with Crippen LogP contribution in [0.3, 0.4) is 0 Å². The summed E-state index contributed by atoms with van der Waals surface area (Å²) in [6.07, 6.45) is 6.79. The van der Waals surface area contributed by atoms with E-state index in [1.165, 1.54) is 32.1 Å². The van der Waals surface area contributed by atoms with Gasteiger partial charge in [-0.05, 0) is 31.6 Å².